The number of primary amides is 1. The number of carbonyl (C=O) groups is 1. The molecule has 4 unspecified atom stereocenters. The van der Waals surface area contributed by atoms with Crippen molar-refractivity contribution in [3.63, 3.8) is 0 Å². The predicted octanol–water partition coefficient (Wildman–Crippen LogP) is 2.27. The molecule has 1 heterocycles. The van der Waals surface area contributed by atoms with Gasteiger partial charge >= 0.3 is 0 Å². The molecule has 0 spiro atoms. The molecule has 0 radical (unpaired) electrons. The Morgan fingerprint density at radius 2 is 2.00 bits per heavy atom. The predicted molar refractivity (Wildman–Crippen MR) is 87.0 cm³/mol. The Kier molecular flexibility index (Phi) is 5.31. The number of hydrogen-bond donors (Lipinski definition) is 2. The molecule has 4 heteroatoms. The molecule has 1 amide bonds. The highest BCUT2D eigenvalue weighted by atomic mass is 16.1. The van der Waals surface area contributed by atoms with Crippen LogP contribution >= 0.6 is 0 Å². The van der Waals surface area contributed by atoms with Gasteiger partial charge in [0.1, 0.15) is 0 Å². The molecule has 1 saturated carbocycles. The van der Waals surface area contributed by atoms with E-state index in [1.807, 2.05) is 0 Å². The molecule has 0 aromatic carbocycles. The summed E-state index contributed by atoms with van der Waals surface area (Å²) in [6.45, 7) is 10.0. The zero-order valence-corrected chi connectivity index (χ0v) is 14.2. The third-order valence-corrected chi connectivity index (χ3v) is 5.40. The lowest BCUT2D eigenvalue weighted by molar-refractivity contribution is -0.127. The topological polar surface area (TPSA) is 58.4 Å². The molecule has 2 aliphatic rings. The van der Waals surface area contributed by atoms with E-state index in [0.29, 0.717) is 12.1 Å². The first-order valence-corrected chi connectivity index (χ1v) is 8.67. The molecule has 4 atom stereocenters. The van der Waals surface area contributed by atoms with E-state index < -0.39 is 5.54 Å². The van der Waals surface area contributed by atoms with E-state index in [9.17, 15) is 4.79 Å². The molecule has 0 bridgehead atoms. The monoisotopic (exact) mass is 295 g/mol. The van der Waals surface area contributed by atoms with Crippen LogP contribution in [0.2, 0.25) is 0 Å². The zero-order valence-electron chi connectivity index (χ0n) is 14.2. The van der Waals surface area contributed by atoms with E-state index in [1.54, 1.807) is 0 Å². The van der Waals surface area contributed by atoms with E-state index in [1.165, 1.54) is 25.8 Å². The summed E-state index contributed by atoms with van der Waals surface area (Å²) in [5, 5.41) is 3.49. The molecular formula is C17H33N3O. The second kappa shape index (κ2) is 6.66. The molecule has 3 N–H and O–H groups in total. The average Bonchev–Trinajstić information content (AvgIpc) is 2.41. The van der Waals surface area contributed by atoms with Gasteiger partial charge in [0.2, 0.25) is 5.91 Å². The number of nitrogens with one attached hydrogen (secondary N) is 1. The summed E-state index contributed by atoms with van der Waals surface area (Å²) in [7, 11) is 0. The van der Waals surface area contributed by atoms with E-state index in [2.05, 4.69) is 37.9 Å². The molecule has 1 aliphatic heterocycles. The van der Waals surface area contributed by atoms with Crippen molar-refractivity contribution in [1.29, 1.82) is 0 Å². The summed E-state index contributed by atoms with van der Waals surface area (Å²) in [6.07, 6.45) is 6.65. The Hall–Kier alpha value is -0.610. The van der Waals surface area contributed by atoms with E-state index >= 15 is 0 Å². The second-order valence-corrected chi connectivity index (χ2v) is 7.72. The van der Waals surface area contributed by atoms with Gasteiger partial charge in [0.25, 0.3) is 0 Å². The van der Waals surface area contributed by atoms with Crippen LogP contribution in [-0.2, 0) is 4.79 Å². The standard InChI is InChI=1S/C17H33N3O/c1-12(2)19-17(16(18)21)9-5-6-15(10-17)20-11-13(3)7-8-14(20)4/h12-15,19H,5-11H2,1-4H3,(H2,18,21). The van der Waals surface area contributed by atoms with Crippen molar-refractivity contribution < 1.29 is 4.79 Å². The summed E-state index contributed by atoms with van der Waals surface area (Å²) >= 11 is 0. The van der Waals surface area contributed by atoms with Crippen LogP contribution in [-0.4, -0.2) is 41.0 Å². The summed E-state index contributed by atoms with van der Waals surface area (Å²) in [4.78, 5) is 14.8. The van der Waals surface area contributed by atoms with Crippen LogP contribution < -0.4 is 11.1 Å². The molecule has 4 nitrogen and oxygen atoms in total. The highest BCUT2D eigenvalue weighted by molar-refractivity contribution is 5.85. The third-order valence-electron chi connectivity index (χ3n) is 5.40. The first-order valence-electron chi connectivity index (χ1n) is 8.67. The van der Waals surface area contributed by atoms with Gasteiger partial charge in [-0.05, 0) is 65.2 Å². The molecule has 0 aromatic rings. The third kappa shape index (κ3) is 3.78. The van der Waals surface area contributed by atoms with Crippen molar-refractivity contribution in [3.05, 3.63) is 0 Å². The first kappa shape index (κ1) is 16.8. The van der Waals surface area contributed by atoms with Crippen LogP contribution in [0.1, 0.15) is 66.2 Å². The highest BCUT2D eigenvalue weighted by Gasteiger charge is 2.44. The Morgan fingerprint density at radius 1 is 1.29 bits per heavy atom. The SMILES string of the molecule is CC1CCC(C)N(C2CCCC(NC(C)C)(C(N)=O)C2)C1. The fraction of sp³-hybridized carbons (Fsp3) is 0.941. The smallest absolute Gasteiger partial charge is 0.237 e. The summed E-state index contributed by atoms with van der Waals surface area (Å²) in [5.74, 6) is 0.600. The number of amides is 1. The van der Waals surface area contributed by atoms with E-state index in [-0.39, 0.29) is 11.9 Å². The molecule has 2 rings (SSSR count). The minimum absolute atomic E-state index is 0.168. The van der Waals surface area contributed by atoms with Crippen LogP contribution in [0, 0.1) is 5.92 Å². The van der Waals surface area contributed by atoms with E-state index in [4.69, 9.17) is 5.73 Å². The van der Waals surface area contributed by atoms with Crippen molar-refractivity contribution in [2.24, 2.45) is 11.7 Å². The lowest BCUT2D eigenvalue weighted by atomic mass is 9.76. The Morgan fingerprint density at radius 3 is 2.62 bits per heavy atom. The maximum atomic E-state index is 12.1. The average molecular weight is 295 g/mol. The van der Waals surface area contributed by atoms with Gasteiger partial charge in [0, 0.05) is 24.7 Å². The number of piperidine rings is 1. The van der Waals surface area contributed by atoms with Crippen molar-refractivity contribution >= 4 is 5.91 Å². The molecule has 1 aliphatic carbocycles. The molecule has 122 valence electrons. The van der Waals surface area contributed by atoms with Gasteiger partial charge in [0.15, 0.2) is 0 Å². The van der Waals surface area contributed by atoms with Crippen molar-refractivity contribution in [2.75, 3.05) is 6.54 Å². The second-order valence-electron chi connectivity index (χ2n) is 7.72. The van der Waals surface area contributed by atoms with Gasteiger partial charge in [0.05, 0.1) is 5.54 Å². The lowest BCUT2D eigenvalue weighted by Crippen LogP contribution is -2.63. The van der Waals surface area contributed by atoms with Gasteiger partial charge < -0.3 is 11.1 Å². The minimum Gasteiger partial charge on any atom is -0.368 e. The van der Waals surface area contributed by atoms with Crippen LogP contribution in [0.15, 0.2) is 0 Å². The number of nitrogens with two attached hydrogens (primary N) is 1. The summed E-state index contributed by atoms with van der Waals surface area (Å²) in [6, 6.07) is 1.41. The van der Waals surface area contributed by atoms with Crippen molar-refractivity contribution in [3.8, 4) is 0 Å². The number of likely N-dealkylation sites (tertiary alicyclic amines) is 1. The van der Waals surface area contributed by atoms with Crippen molar-refractivity contribution in [1.82, 2.24) is 10.2 Å². The number of rotatable bonds is 4. The number of nitrogens with zero attached hydrogens (tertiary/aromatic N) is 1. The molecule has 2 fully saturated rings. The van der Waals surface area contributed by atoms with Gasteiger partial charge in [-0.25, -0.2) is 0 Å². The Balaban J connectivity index is 2.12. The van der Waals surface area contributed by atoms with Gasteiger partial charge in [-0.3, -0.25) is 9.69 Å². The lowest BCUT2D eigenvalue weighted by Gasteiger charge is -2.48. The minimum atomic E-state index is -0.502. The van der Waals surface area contributed by atoms with Gasteiger partial charge in [-0.1, -0.05) is 6.92 Å². The maximum absolute atomic E-state index is 12.1. The van der Waals surface area contributed by atoms with E-state index in [0.717, 1.165) is 25.2 Å². The molecular weight excluding hydrogens is 262 g/mol. The Labute approximate surface area is 129 Å². The highest BCUT2D eigenvalue weighted by Crippen LogP contribution is 2.35. The van der Waals surface area contributed by atoms with Crippen LogP contribution in [0.4, 0.5) is 0 Å². The Bertz CT molecular complexity index is 371. The van der Waals surface area contributed by atoms with Crippen LogP contribution in [0.5, 0.6) is 0 Å². The normalized spacial score (nSPS) is 38.6. The van der Waals surface area contributed by atoms with Crippen molar-refractivity contribution in [2.45, 2.75) is 89.9 Å². The quantitative estimate of drug-likeness (QED) is 0.836. The van der Waals surface area contributed by atoms with Crippen LogP contribution in [0.25, 0.3) is 0 Å². The number of carbonyl (C=O) groups excluding carboxylic acids is 1. The van der Waals surface area contributed by atoms with Gasteiger partial charge in [-0.2, -0.15) is 0 Å². The first-order chi connectivity index (χ1) is 9.84. The summed E-state index contributed by atoms with van der Waals surface area (Å²) < 4.78 is 0. The number of hydrogen-bond acceptors (Lipinski definition) is 3. The molecule has 1 saturated heterocycles. The maximum Gasteiger partial charge on any atom is 0.237 e. The fourth-order valence-electron chi connectivity index (χ4n) is 4.34. The summed E-state index contributed by atoms with van der Waals surface area (Å²) in [5.41, 5.74) is 5.28. The fourth-order valence-corrected chi connectivity index (χ4v) is 4.34. The molecule has 0 aromatic heterocycles. The zero-order chi connectivity index (χ0) is 15.6. The molecule has 21 heavy (non-hydrogen) atoms. The van der Waals surface area contributed by atoms with Crippen LogP contribution in [0.3, 0.4) is 0 Å². The largest absolute Gasteiger partial charge is 0.368 e. The van der Waals surface area contributed by atoms with Gasteiger partial charge in [-0.15, -0.1) is 0 Å².